The van der Waals surface area contributed by atoms with Gasteiger partial charge in [0.2, 0.25) is 11.1 Å². The van der Waals surface area contributed by atoms with Crippen molar-refractivity contribution < 1.29 is 9.59 Å². The number of carbonyl (C=O) groups is 2. The molecular weight excluding hydrogens is 356 g/mol. The van der Waals surface area contributed by atoms with E-state index >= 15 is 0 Å². The summed E-state index contributed by atoms with van der Waals surface area (Å²) in [6.07, 6.45) is 0.182. The van der Waals surface area contributed by atoms with E-state index in [1.165, 1.54) is 0 Å². The minimum Gasteiger partial charge on any atom is -0.311 e. The first-order valence-electron chi connectivity index (χ1n) is 7.99. The van der Waals surface area contributed by atoms with E-state index in [9.17, 15) is 9.59 Å². The molecule has 4 rings (SSSR count). The number of fused-ring (bicyclic) bond motifs is 1. The van der Waals surface area contributed by atoms with Crippen molar-refractivity contribution in [1.29, 1.82) is 0 Å². The van der Waals surface area contributed by atoms with Gasteiger partial charge in [-0.05, 0) is 54.4 Å². The van der Waals surface area contributed by atoms with Crippen LogP contribution in [0.15, 0.2) is 42.5 Å². The van der Waals surface area contributed by atoms with Gasteiger partial charge in [0.1, 0.15) is 5.01 Å². The number of hydrogen-bond donors (Lipinski definition) is 0. The van der Waals surface area contributed by atoms with Crippen molar-refractivity contribution >= 4 is 50.0 Å². The zero-order chi connectivity index (χ0) is 17.6. The smallest absolute Gasteiger partial charge is 0.227 e. The summed E-state index contributed by atoms with van der Waals surface area (Å²) in [4.78, 5) is 29.9. The van der Waals surface area contributed by atoms with Crippen molar-refractivity contribution in [3.63, 3.8) is 0 Å². The summed E-state index contributed by atoms with van der Waals surface area (Å²) in [6.45, 7) is 2.32. The lowest BCUT2D eigenvalue weighted by atomic mass is 10.1. The molecule has 0 unspecified atom stereocenters. The number of aromatic nitrogens is 1. The SMILES string of the molecule is Cc1cc(-c2nc3ccccc3s2)ccc1N1C[C@@H](C(=O)Cl)CC1=O. The molecule has 0 spiro atoms. The van der Waals surface area contributed by atoms with Gasteiger partial charge in [-0.3, -0.25) is 9.59 Å². The monoisotopic (exact) mass is 370 g/mol. The fourth-order valence-electron chi connectivity index (χ4n) is 3.18. The Bertz CT molecular complexity index is 965. The molecule has 0 aliphatic carbocycles. The third-order valence-electron chi connectivity index (χ3n) is 4.47. The first kappa shape index (κ1) is 16.2. The van der Waals surface area contributed by atoms with E-state index in [-0.39, 0.29) is 12.3 Å². The highest BCUT2D eigenvalue weighted by atomic mass is 35.5. The molecule has 0 saturated carbocycles. The third kappa shape index (κ3) is 2.94. The summed E-state index contributed by atoms with van der Waals surface area (Å²) in [5, 5.41) is 0.511. The number of nitrogens with zero attached hydrogens (tertiary/aromatic N) is 2. The van der Waals surface area contributed by atoms with Crippen LogP contribution in [0.5, 0.6) is 0 Å². The molecule has 126 valence electrons. The van der Waals surface area contributed by atoms with Crippen molar-refractivity contribution in [3.05, 3.63) is 48.0 Å². The summed E-state index contributed by atoms with van der Waals surface area (Å²) < 4.78 is 1.15. The van der Waals surface area contributed by atoms with Gasteiger partial charge in [0.25, 0.3) is 0 Å². The fraction of sp³-hybridized carbons (Fsp3) is 0.211. The average molecular weight is 371 g/mol. The maximum Gasteiger partial charge on any atom is 0.227 e. The van der Waals surface area contributed by atoms with E-state index in [0.717, 1.165) is 32.0 Å². The van der Waals surface area contributed by atoms with Crippen LogP contribution in [0, 0.1) is 12.8 Å². The number of aryl methyl sites for hydroxylation is 1. The minimum absolute atomic E-state index is 0.0603. The van der Waals surface area contributed by atoms with Crippen LogP contribution in [-0.4, -0.2) is 22.7 Å². The largest absolute Gasteiger partial charge is 0.311 e. The fourth-order valence-corrected chi connectivity index (χ4v) is 4.29. The predicted molar refractivity (Wildman–Crippen MR) is 101 cm³/mol. The van der Waals surface area contributed by atoms with E-state index in [1.54, 1.807) is 16.2 Å². The molecule has 4 nitrogen and oxygen atoms in total. The zero-order valence-electron chi connectivity index (χ0n) is 13.5. The number of para-hydroxylation sites is 1. The molecule has 1 amide bonds. The van der Waals surface area contributed by atoms with E-state index in [1.807, 2.05) is 43.3 Å². The number of hydrogen-bond acceptors (Lipinski definition) is 4. The molecule has 1 aliphatic heterocycles. The van der Waals surface area contributed by atoms with Gasteiger partial charge in [-0.25, -0.2) is 4.98 Å². The topological polar surface area (TPSA) is 50.3 Å². The number of carbonyl (C=O) groups excluding carboxylic acids is 2. The molecule has 2 aromatic carbocycles. The minimum atomic E-state index is -0.445. The number of rotatable bonds is 3. The van der Waals surface area contributed by atoms with Crippen LogP contribution in [-0.2, 0) is 9.59 Å². The number of benzene rings is 2. The van der Waals surface area contributed by atoms with E-state index in [4.69, 9.17) is 11.6 Å². The van der Waals surface area contributed by atoms with Crippen molar-refractivity contribution in [2.24, 2.45) is 5.92 Å². The van der Waals surface area contributed by atoms with Crippen molar-refractivity contribution in [3.8, 4) is 10.6 Å². The van der Waals surface area contributed by atoms with Gasteiger partial charge in [-0.15, -0.1) is 11.3 Å². The average Bonchev–Trinajstić information content (AvgIpc) is 3.18. The molecule has 1 aromatic heterocycles. The van der Waals surface area contributed by atoms with Crippen LogP contribution in [0.25, 0.3) is 20.8 Å². The standard InChI is InChI=1S/C19H15ClN2O2S/c1-11-8-12(19-21-14-4-2-3-5-16(14)25-19)6-7-15(11)22-10-13(18(20)24)9-17(22)23/h2-8,13H,9-10H2,1H3/t13-/m0/s1. The van der Waals surface area contributed by atoms with Gasteiger partial charge in [0, 0.05) is 24.2 Å². The first-order valence-corrected chi connectivity index (χ1v) is 9.18. The second-order valence-corrected chi connectivity index (χ2v) is 7.60. The van der Waals surface area contributed by atoms with E-state index in [0.29, 0.717) is 6.54 Å². The summed E-state index contributed by atoms with van der Waals surface area (Å²) in [7, 11) is 0. The lowest BCUT2D eigenvalue weighted by Crippen LogP contribution is -2.25. The molecular formula is C19H15ClN2O2S. The molecule has 1 fully saturated rings. The Hall–Kier alpha value is -2.24. The van der Waals surface area contributed by atoms with Gasteiger partial charge >= 0.3 is 0 Å². The van der Waals surface area contributed by atoms with Gasteiger partial charge in [-0.2, -0.15) is 0 Å². The number of anilines is 1. The highest BCUT2D eigenvalue weighted by Crippen LogP contribution is 2.34. The molecule has 0 radical (unpaired) electrons. The summed E-state index contributed by atoms with van der Waals surface area (Å²) >= 11 is 7.21. The number of thiazole rings is 1. The van der Waals surface area contributed by atoms with Gasteiger partial charge in [-0.1, -0.05) is 12.1 Å². The number of amides is 1. The summed E-state index contributed by atoms with van der Waals surface area (Å²) in [5.74, 6) is -0.479. The maximum atomic E-state index is 12.2. The Morgan fingerprint density at radius 3 is 2.76 bits per heavy atom. The molecule has 1 saturated heterocycles. The van der Waals surface area contributed by atoms with Gasteiger partial charge in [0.05, 0.1) is 16.1 Å². The van der Waals surface area contributed by atoms with Crippen molar-refractivity contribution in [2.75, 3.05) is 11.4 Å². The first-order chi connectivity index (χ1) is 12.0. The Kier molecular flexibility index (Phi) is 4.06. The zero-order valence-corrected chi connectivity index (χ0v) is 15.1. The molecule has 25 heavy (non-hydrogen) atoms. The van der Waals surface area contributed by atoms with Crippen LogP contribution in [0.1, 0.15) is 12.0 Å². The molecule has 1 atom stereocenters. The Morgan fingerprint density at radius 1 is 1.28 bits per heavy atom. The van der Waals surface area contributed by atoms with Crippen LogP contribution in [0.3, 0.4) is 0 Å². The van der Waals surface area contributed by atoms with E-state index < -0.39 is 11.2 Å². The van der Waals surface area contributed by atoms with Crippen molar-refractivity contribution in [2.45, 2.75) is 13.3 Å². The van der Waals surface area contributed by atoms with Crippen LogP contribution < -0.4 is 4.90 Å². The lowest BCUT2D eigenvalue weighted by molar-refractivity contribution is -0.120. The van der Waals surface area contributed by atoms with E-state index in [2.05, 4.69) is 11.1 Å². The quantitative estimate of drug-likeness (QED) is 0.642. The Morgan fingerprint density at radius 2 is 2.08 bits per heavy atom. The molecule has 3 aromatic rings. The predicted octanol–water partition coefficient (Wildman–Crippen LogP) is 4.39. The molecule has 0 bridgehead atoms. The summed E-state index contributed by atoms with van der Waals surface area (Å²) in [5.41, 5.74) is 3.82. The molecule has 6 heteroatoms. The lowest BCUT2D eigenvalue weighted by Gasteiger charge is -2.19. The molecule has 2 heterocycles. The van der Waals surface area contributed by atoms with Crippen molar-refractivity contribution in [1.82, 2.24) is 4.98 Å². The van der Waals surface area contributed by atoms with Crippen LogP contribution in [0.4, 0.5) is 5.69 Å². The van der Waals surface area contributed by atoms with Gasteiger partial charge in [0.15, 0.2) is 0 Å². The second-order valence-electron chi connectivity index (χ2n) is 6.20. The Balaban J connectivity index is 1.67. The maximum absolute atomic E-state index is 12.2. The Labute approximate surface area is 154 Å². The third-order valence-corrected chi connectivity index (χ3v) is 5.87. The normalized spacial score (nSPS) is 17.4. The summed E-state index contributed by atoms with van der Waals surface area (Å²) in [6, 6.07) is 14.0. The van der Waals surface area contributed by atoms with Crippen LogP contribution >= 0.6 is 22.9 Å². The number of halogens is 1. The molecule has 0 N–H and O–H groups in total. The second kappa shape index (κ2) is 6.24. The highest BCUT2D eigenvalue weighted by molar-refractivity contribution is 7.21. The van der Waals surface area contributed by atoms with Crippen LogP contribution in [0.2, 0.25) is 0 Å². The highest BCUT2D eigenvalue weighted by Gasteiger charge is 2.34. The molecule has 1 aliphatic rings. The van der Waals surface area contributed by atoms with Gasteiger partial charge < -0.3 is 4.90 Å².